The Morgan fingerprint density at radius 3 is 2.54 bits per heavy atom. The lowest BCUT2D eigenvalue weighted by Gasteiger charge is -2.10. The van der Waals surface area contributed by atoms with Crippen molar-refractivity contribution >= 4 is 16.9 Å². The Bertz CT molecular complexity index is 308. The molecule has 0 heterocycles. The van der Waals surface area contributed by atoms with E-state index in [0.717, 1.165) is 11.3 Å². The quantitative estimate of drug-likeness (QED) is 0.730. The van der Waals surface area contributed by atoms with E-state index in [2.05, 4.69) is 12.5 Å². The molecular weight excluding hydrogens is 184 g/mol. The zero-order chi connectivity index (χ0) is 9.84. The molecule has 1 aromatic rings. The topological polar surface area (TPSA) is 37.3 Å². The number of hydrogen-bond donors (Lipinski definition) is 2. The van der Waals surface area contributed by atoms with Crippen molar-refractivity contribution < 1.29 is 9.90 Å². The van der Waals surface area contributed by atoms with Crippen LogP contribution in [-0.2, 0) is 5.75 Å². The van der Waals surface area contributed by atoms with E-state index in [4.69, 9.17) is 5.11 Å². The summed E-state index contributed by atoms with van der Waals surface area (Å²) in [7, 11) is -0.0811. The first-order chi connectivity index (χ1) is 6.11. The molecule has 0 bridgehead atoms. The molecule has 1 rings (SSSR count). The van der Waals surface area contributed by atoms with Crippen LogP contribution in [0.15, 0.2) is 24.3 Å². The maximum absolute atomic E-state index is 10.8. The number of hydrogen-bond acceptors (Lipinski definition) is 1. The summed E-state index contributed by atoms with van der Waals surface area (Å²) in [4.78, 5) is 10.8. The number of rotatable bonds is 3. The average molecular weight is 198 g/mol. The zero-order valence-electron chi connectivity index (χ0n) is 7.82. The second-order valence-corrected chi connectivity index (χ2v) is 5.68. The second-order valence-electron chi connectivity index (χ2n) is 3.20. The molecule has 0 saturated carbocycles. The highest BCUT2D eigenvalue weighted by atomic mass is 32.2. The van der Waals surface area contributed by atoms with Gasteiger partial charge in [0.15, 0.2) is 0 Å². The van der Waals surface area contributed by atoms with E-state index in [1.54, 1.807) is 12.1 Å². The summed E-state index contributed by atoms with van der Waals surface area (Å²) in [6.07, 6.45) is 4.29. The van der Waals surface area contributed by atoms with Gasteiger partial charge in [0.05, 0.1) is 5.56 Å². The summed E-state index contributed by atoms with van der Waals surface area (Å²) in [5.41, 5.74) is 1.39. The summed E-state index contributed by atoms with van der Waals surface area (Å²) >= 11 is 0. The standard InChI is InChI=1S/C10H14O2S/c1-13(2)7-8-5-3-4-6-9(8)10(11)12/h3-6,13H,7H2,1-2H3,(H,11,12). The van der Waals surface area contributed by atoms with Crippen LogP contribution >= 0.6 is 10.9 Å². The van der Waals surface area contributed by atoms with Crippen LogP contribution in [0, 0.1) is 0 Å². The van der Waals surface area contributed by atoms with E-state index in [-0.39, 0.29) is 10.9 Å². The first kappa shape index (κ1) is 10.1. The van der Waals surface area contributed by atoms with Crippen LogP contribution in [0.4, 0.5) is 0 Å². The molecule has 72 valence electrons. The number of aromatic carboxylic acids is 1. The first-order valence-corrected chi connectivity index (χ1v) is 6.49. The number of carboxylic acid groups (broad SMARTS) is 1. The van der Waals surface area contributed by atoms with Crippen molar-refractivity contribution in [2.45, 2.75) is 5.75 Å². The minimum atomic E-state index is -0.826. The Hall–Kier alpha value is -0.960. The molecule has 0 aromatic heterocycles. The molecule has 0 aliphatic heterocycles. The largest absolute Gasteiger partial charge is 0.478 e. The van der Waals surface area contributed by atoms with Gasteiger partial charge < -0.3 is 5.11 Å². The first-order valence-electron chi connectivity index (χ1n) is 4.07. The molecular formula is C10H14O2S. The molecule has 0 saturated heterocycles. The smallest absolute Gasteiger partial charge is 0.335 e. The van der Waals surface area contributed by atoms with E-state index in [1.165, 1.54) is 0 Å². The van der Waals surface area contributed by atoms with Crippen LogP contribution in [0.3, 0.4) is 0 Å². The number of benzene rings is 1. The molecule has 0 amide bonds. The van der Waals surface area contributed by atoms with Crippen molar-refractivity contribution in [3.8, 4) is 0 Å². The van der Waals surface area contributed by atoms with Gasteiger partial charge in [0.1, 0.15) is 0 Å². The summed E-state index contributed by atoms with van der Waals surface area (Å²) in [6.45, 7) is 0. The van der Waals surface area contributed by atoms with Gasteiger partial charge in [-0.05, 0) is 24.1 Å². The number of carboxylic acids is 1. The van der Waals surface area contributed by atoms with Gasteiger partial charge in [0.2, 0.25) is 0 Å². The monoisotopic (exact) mass is 198 g/mol. The van der Waals surface area contributed by atoms with Crippen molar-refractivity contribution in [3.05, 3.63) is 35.4 Å². The Kier molecular flexibility index (Phi) is 3.37. The third-order valence-electron chi connectivity index (χ3n) is 1.73. The Morgan fingerprint density at radius 2 is 2.00 bits per heavy atom. The van der Waals surface area contributed by atoms with Crippen LogP contribution in [0.2, 0.25) is 0 Å². The van der Waals surface area contributed by atoms with E-state index < -0.39 is 5.97 Å². The summed E-state index contributed by atoms with van der Waals surface area (Å²) < 4.78 is 0. The predicted octanol–water partition coefficient (Wildman–Crippen LogP) is 2.15. The fraction of sp³-hybridized carbons (Fsp3) is 0.300. The third-order valence-corrected chi connectivity index (χ3v) is 2.71. The van der Waals surface area contributed by atoms with Crippen molar-refractivity contribution in [2.24, 2.45) is 0 Å². The fourth-order valence-corrected chi connectivity index (χ4v) is 2.16. The average Bonchev–Trinajstić information content (AvgIpc) is 2.03. The SMILES string of the molecule is C[SH](C)Cc1ccccc1C(=O)O. The summed E-state index contributed by atoms with van der Waals surface area (Å²) in [5.74, 6) is 0.0603. The molecule has 0 fully saturated rings. The van der Waals surface area contributed by atoms with Crippen LogP contribution in [-0.4, -0.2) is 23.6 Å². The normalized spacial score (nSPS) is 11.1. The predicted molar refractivity (Wildman–Crippen MR) is 57.9 cm³/mol. The lowest BCUT2D eigenvalue weighted by atomic mass is 10.1. The van der Waals surface area contributed by atoms with Gasteiger partial charge in [-0.3, -0.25) is 10.9 Å². The van der Waals surface area contributed by atoms with Crippen molar-refractivity contribution in [3.63, 3.8) is 0 Å². The fourth-order valence-electron chi connectivity index (χ4n) is 1.21. The molecule has 13 heavy (non-hydrogen) atoms. The van der Waals surface area contributed by atoms with E-state index >= 15 is 0 Å². The highest BCUT2D eigenvalue weighted by Gasteiger charge is 2.08. The van der Waals surface area contributed by atoms with Crippen molar-refractivity contribution in [1.82, 2.24) is 0 Å². The molecule has 3 heteroatoms. The molecule has 2 nitrogen and oxygen atoms in total. The Morgan fingerprint density at radius 1 is 1.38 bits per heavy atom. The highest BCUT2D eigenvalue weighted by molar-refractivity contribution is 8.15. The molecule has 1 N–H and O–H groups in total. The van der Waals surface area contributed by atoms with E-state index in [1.807, 2.05) is 12.1 Å². The number of thiol groups is 1. The van der Waals surface area contributed by atoms with Crippen molar-refractivity contribution in [1.29, 1.82) is 0 Å². The lowest BCUT2D eigenvalue weighted by molar-refractivity contribution is 0.0696. The maximum Gasteiger partial charge on any atom is 0.335 e. The van der Waals surface area contributed by atoms with E-state index in [9.17, 15) is 4.79 Å². The molecule has 0 radical (unpaired) electrons. The van der Waals surface area contributed by atoms with Gasteiger partial charge in [-0.1, -0.05) is 18.2 Å². The van der Waals surface area contributed by atoms with Gasteiger partial charge in [-0.15, -0.1) is 0 Å². The molecule has 0 aliphatic carbocycles. The molecule has 0 unspecified atom stereocenters. The highest BCUT2D eigenvalue weighted by Crippen LogP contribution is 2.23. The van der Waals surface area contributed by atoms with Gasteiger partial charge in [-0.25, -0.2) is 4.79 Å². The second kappa shape index (κ2) is 4.33. The minimum Gasteiger partial charge on any atom is -0.478 e. The Labute approximate surface area is 80.9 Å². The van der Waals surface area contributed by atoms with Gasteiger partial charge in [0.25, 0.3) is 0 Å². The molecule has 0 spiro atoms. The van der Waals surface area contributed by atoms with Crippen LogP contribution in [0.5, 0.6) is 0 Å². The van der Waals surface area contributed by atoms with Gasteiger partial charge in [-0.2, -0.15) is 0 Å². The lowest BCUT2D eigenvalue weighted by Crippen LogP contribution is -2.01. The summed E-state index contributed by atoms with van der Waals surface area (Å²) in [5, 5.41) is 8.89. The van der Waals surface area contributed by atoms with Crippen LogP contribution < -0.4 is 0 Å². The van der Waals surface area contributed by atoms with Crippen LogP contribution in [0.25, 0.3) is 0 Å². The summed E-state index contributed by atoms with van der Waals surface area (Å²) in [6, 6.07) is 7.21. The minimum absolute atomic E-state index is 0.0811. The number of carbonyl (C=O) groups is 1. The van der Waals surface area contributed by atoms with Crippen molar-refractivity contribution in [2.75, 3.05) is 12.5 Å². The van der Waals surface area contributed by atoms with Gasteiger partial charge in [0, 0.05) is 5.75 Å². The Balaban J connectivity index is 2.98. The van der Waals surface area contributed by atoms with Gasteiger partial charge >= 0.3 is 5.97 Å². The molecule has 0 atom stereocenters. The third kappa shape index (κ3) is 2.77. The maximum atomic E-state index is 10.8. The van der Waals surface area contributed by atoms with Crippen LogP contribution in [0.1, 0.15) is 15.9 Å². The zero-order valence-corrected chi connectivity index (χ0v) is 8.71. The molecule has 1 aromatic carbocycles. The molecule has 0 aliphatic rings. The van der Waals surface area contributed by atoms with E-state index in [0.29, 0.717) is 5.56 Å².